The van der Waals surface area contributed by atoms with Crippen LogP contribution in [0.5, 0.6) is 0 Å². The normalized spacial score (nSPS) is 10.9. The molecule has 1 rings (SSSR count). The molecule has 0 aliphatic carbocycles. The van der Waals surface area contributed by atoms with Gasteiger partial charge in [-0.2, -0.15) is 0 Å². The number of ether oxygens (including phenoxy) is 1. The summed E-state index contributed by atoms with van der Waals surface area (Å²) < 4.78 is 5.06. The molecule has 0 radical (unpaired) electrons. The molecule has 1 amide bonds. The summed E-state index contributed by atoms with van der Waals surface area (Å²) in [6.45, 7) is 2.90. The number of carbonyl (C=O) groups is 1. The van der Waals surface area contributed by atoms with E-state index in [0.29, 0.717) is 18.9 Å². The molecule has 4 nitrogen and oxygen atoms in total. The van der Waals surface area contributed by atoms with E-state index in [4.69, 9.17) is 4.74 Å². The second-order valence-electron chi connectivity index (χ2n) is 3.24. The Labute approximate surface area is 105 Å². The Bertz CT molecular complexity index is 377. The number of amides is 1. The molecule has 0 aliphatic rings. The lowest BCUT2D eigenvalue weighted by atomic mass is 10.3. The average molecular weight is 252 g/mol. The molecule has 5 heteroatoms. The van der Waals surface area contributed by atoms with Gasteiger partial charge in [0.2, 0.25) is 0 Å². The van der Waals surface area contributed by atoms with E-state index >= 15 is 0 Å². The smallest absolute Gasteiger partial charge is 0.267 e. The molecule has 92 valence electrons. The first-order valence-corrected chi connectivity index (χ1v) is 6.65. The van der Waals surface area contributed by atoms with Gasteiger partial charge in [-0.3, -0.25) is 4.79 Å². The lowest BCUT2D eigenvalue weighted by Gasteiger charge is -1.97. The Morgan fingerprint density at radius 1 is 1.35 bits per heavy atom. The quantitative estimate of drug-likeness (QED) is 0.442. The minimum Gasteiger partial charge on any atom is -0.381 e. The van der Waals surface area contributed by atoms with Gasteiger partial charge in [0.15, 0.2) is 0 Å². The maximum absolute atomic E-state index is 11.3. The highest BCUT2D eigenvalue weighted by Gasteiger charge is 1.98. The molecule has 1 aromatic carbocycles. The lowest BCUT2D eigenvalue weighted by Crippen LogP contribution is -2.00. The Morgan fingerprint density at radius 3 is 2.65 bits per heavy atom. The lowest BCUT2D eigenvalue weighted by molar-refractivity contribution is -0.119. The van der Waals surface area contributed by atoms with E-state index in [1.54, 1.807) is 11.8 Å². The Morgan fingerprint density at radius 2 is 2.06 bits per heavy atom. The first-order chi connectivity index (χ1) is 8.26. The molecule has 0 fully saturated rings. The number of rotatable bonds is 6. The van der Waals surface area contributed by atoms with Gasteiger partial charge in [0.1, 0.15) is 0 Å². The van der Waals surface area contributed by atoms with Crippen LogP contribution in [0.25, 0.3) is 0 Å². The monoisotopic (exact) mass is 252 g/mol. The fourth-order valence-electron chi connectivity index (χ4n) is 1.12. The van der Waals surface area contributed by atoms with Crippen molar-refractivity contribution in [1.82, 2.24) is 0 Å². The van der Waals surface area contributed by atoms with Crippen LogP contribution < -0.4 is 0 Å². The molecule has 0 bridgehead atoms. The van der Waals surface area contributed by atoms with Gasteiger partial charge in [0.05, 0.1) is 18.7 Å². The van der Waals surface area contributed by atoms with Crippen molar-refractivity contribution in [3.8, 4) is 0 Å². The molecule has 0 saturated heterocycles. The zero-order valence-corrected chi connectivity index (χ0v) is 10.9. The molecule has 17 heavy (non-hydrogen) atoms. The summed E-state index contributed by atoms with van der Waals surface area (Å²) in [5, 5.41) is 7.49. The topological polar surface area (TPSA) is 51.0 Å². The Hall–Kier alpha value is -1.20. The molecule has 0 unspecified atom stereocenters. The van der Waals surface area contributed by atoms with E-state index in [9.17, 15) is 4.79 Å². The van der Waals surface area contributed by atoms with Gasteiger partial charge in [-0.15, -0.1) is 22.0 Å². The first kappa shape index (κ1) is 13.9. The van der Waals surface area contributed by atoms with Crippen molar-refractivity contribution in [2.24, 2.45) is 10.2 Å². The average Bonchev–Trinajstić information content (AvgIpc) is 2.37. The largest absolute Gasteiger partial charge is 0.381 e. The number of thioether (sulfide) groups is 1. The molecular weight excluding hydrogens is 236 g/mol. The predicted molar refractivity (Wildman–Crippen MR) is 68.9 cm³/mol. The highest BCUT2D eigenvalue weighted by molar-refractivity contribution is 7.98. The number of benzene rings is 1. The maximum Gasteiger partial charge on any atom is 0.267 e. The minimum atomic E-state index is -0.257. The molecular formula is C12H16N2O2S. The molecule has 0 aliphatic heterocycles. The molecule has 0 saturated carbocycles. The van der Waals surface area contributed by atoms with Crippen LogP contribution in [0.15, 0.2) is 39.4 Å². The fraction of sp³-hybridized carbons (Fsp3) is 0.417. The summed E-state index contributed by atoms with van der Waals surface area (Å²) in [6, 6.07) is 7.57. The van der Waals surface area contributed by atoms with Gasteiger partial charge in [0, 0.05) is 11.5 Å². The van der Waals surface area contributed by atoms with E-state index in [0.717, 1.165) is 4.90 Å². The van der Waals surface area contributed by atoms with Crippen molar-refractivity contribution in [3.63, 3.8) is 0 Å². The zero-order chi connectivity index (χ0) is 12.5. The third kappa shape index (κ3) is 5.60. The summed E-state index contributed by atoms with van der Waals surface area (Å²) in [4.78, 5) is 12.4. The van der Waals surface area contributed by atoms with E-state index in [-0.39, 0.29) is 12.3 Å². The van der Waals surface area contributed by atoms with Crippen LogP contribution in [0, 0.1) is 0 Å². The molecule has 0 aromatic heterocycles. The standard InChI is InChI=1S/C12H16N2O2S/c1-3-16-9-8-12(15)14-13-10-4-6-11(17-2)7-5-10/h4-7H,3,8-9H2,1-2H3. The highest BCUT2D eigenvalue weighted by Crippen LogP contribution is 2.19. The number of azo groups is 1. The van der Waals surface area contributed by atoms with Crippen LogP contribution in [-0.4, -0.2) is 25.4 Å². The summed E-state index contributed by atoms with van der Waals surface area (Å²) in [6.07, 6.45) is 2.29. The summed E-state index contributed by atoms with van der Waals surface area (Å²) in [7, 11) is 0. The zero-order valence-electron chi connectivity index (χ0n) is 10.0. The Balaban J connectivity index is 2.43. The molecule has 1 aromatic rings. The van der Waals surface area contributed by atoms with E-state index < -0.39 is 0 Å². The fourth-order valence-corrected chi connectivity index (χ4v) is 1.52. The van der Waals surface area contributed by atoms with Crippen LogP contribution in [0.1, 0.15) is 13.3 Å². The first-order valence-electron chi connectivity index (χ1n) is 5.42. The highest BCUT2D eigenvalue weighted by atomic mass is 32.2. The van der Waals surface area contributed by atoms with Gasteiger partial charge in [-0.25, -0.2) is 0 Å². The van der Waals surface area contributed by atoms with Gasteiger partial charge in [-0.05, 0) is 37.4 Å². The van der Waals surface area contributed by atoms with Crippen LogP contribution in [-0.2, 0) is 9.53 Å². The van der Waals surface area contributed by atoms with Crippen molar-refractivity contribution in [3.05, 3.63) is 24.3 Å². The molecule has 0 N–H and O–H groups in total. The van der Waals surface area contributed by atoms with Crippen LogP contribution >= 0.6 is 11.8 Å². The third-order valence-electron chi connectivity index (χ3n) is 2.01. The van der Waals surface area contributed by atoms with Gasteiger partial charge >= 0.3 is 0 Å². The van der Waals surface area contributed by atoms with Crippen LogP contribution in [0.3, 0.4) is 0 Å². The van der Waals surface area contributed by atoms with Gasteiger partial charge in [0.25, 0.3) is 5.91 Å². The van der Waals surface area contributed by atoms with Crippen LogP contribution in [0.4, 0.5) is 5.69 Å². The molecule has 0 heterocycles. The number of hydrogen-bond donors (Lipinski definition) is 0. The van der Waals surface area contributed by atoms with Gasteiger partial charge < -0.3 is 4.74 Å². The summed E-state index contributed by atoms with van der Waals surface area (Å²) in [5.41, 5.74) is 0.688. The Kier molecular flexibility index (Phi) is 6.50. The number of hydrogen-bond acceptors (Lipinski definition) is 4. The van der Waals surface area contributed by atoms with Crippen LogP contribution in [0.2, 0.25) is 0 Å². The summed E-state index contributed by atoms with van der Waals surface area (Å²) in [5.74, 6) is -0.257. The van der Waals surface area contributed by atoms with Crippen molar-refractivity contribution < 1.29 is 9.53 Å². The van der Waals surface area contributed by atoms with E-state index in [1.165, 1.54) is 0 Å². The maximum atomic E-state index is 11.3. The number of nitrogens with zero attached hydrogens (tertiary/aromatic N) is 2. The summed E-state index contributed by atoms with van der Waals surface area (Å²) >= 11 is 1.66. The minimum absolute atomic E-state index is 0.257. The van der Waals surface area contributed by atoms with Crippen molar-refractivity contribution in [2.45, 2.75) is 18.2 Å². The molecule has 0 atom stereocenters. The van der Waals surface area contributed by atoms with Crippen molar-refractivity contribution in [2.75, 3.05) is 19.5 Å². The third-order valence-corrected chi connectivity index (χ3v) is 2.76. The van der Waals surface area contributed by atoms with E-state index in [1.807, 2.05) is 37.4 Å². The van der Waals surface area contributed by atoms with E-state index in [2.05, 4.69) is 10.2 Å². The second kappa shape index (κ2) is 7.97. The SMILES string of the molecule is CCOCCC(=O)N=Nc1ccc(SC)cc1. The van der Waals surface area contributed by atoms with Crippen molar-refractivity contribution in [1.29, 1.82) is 0 Å². The second-order valence-corrected chi connectivity index (χ2v) is 4.12. The van der Waals surface area contributed by atoms with Crippen molar-refractivity contribution >= 4 is 23.4 Å². The number of carbonyl (C=O) groups excluding carboxylic acids is 1. The predicted octanol–water partition coefficient (Wildman–Crippen LogP) is 3.45. The molecule has 0 spiro atoms. The van der Waals surface area contributed by atoms with Gasteiger partial charge in [-0.1, -0.05) is 0 Å².